The van der Waals surface area contributed by atoms with E-state index < -0.39 is 0 Å². The number of pyridine rings is 2. The Morgan fingerprint density at radius 3 is 1.19 bits per heavy atom. The number of tetrazole rings is 2. The summed E-state index contributed by atoms with van der Waals surface area (Å²) < 4.78 is 3.35. The zero-order chi connectivity index (χ0) is 47.3. The van der Waals surface area contributed by atoms with Gasteiger partial charge in [0.25, 0.3) is 11.1 Å². The Bertz CT molecular complexity index is 3280. The minimum atomic E-state index is -0.0492. The normalized spacial score (nSPS) is 10.9. The number of aromatic amines is 2. The fourth-order valence-corrected chi connectivity index (χ4v) is 8.07. The molecule has 69 heavy (non-hydrogen) atoms. The van der Waals surface area contributed by atoms with Crippen LogP contribution in [-0.2, 0) is 13.1 Å². The molecule has 0 saturated heterocycles. The predicted molar refractivity (Wildman–Crippen MR) is 267 cm³/mol. The summed E-state index contributed by atoms with van der Waals surface area (Å²) >= 11 is 0. The van der Waals surface area contributed by atoms with E-state index in [9.17, 15) is 9.59 Å². The van der Waals surface area contributed by atoms with Crippen LogP contribution in [0.3, 0.4) is 0 Å². The molecule has 16 nitrogen and oxygen atoms in total. The van der Waals surface area contributed by atoms with E-state index in [1.807, 2.05) is 125 Å². The molecule has 10 aromatic rings. The molecule has 0 atom stereocenters. The van der Waals surface area contributed by atoms with Crippen molar-refractivity contribution >= 4 is 0 Å². The van der Waals surface area contributed by atoms with E-state index in [4.69, 9.17) is 0 Å². The van der Waals surface area contributed by atoms with Gasteiger partial charge in [-0.2, -0.15) is 10.4 Å². The number of hydrogen-bond donors (Lipinski definition) is 2. The first-order valence-electron chi connectivity index (χ1n) is 21.9. The molecule has 6 heterocycles. The van der Waals surface area contributed by atoms with Crippen molar-refractivity contribution in [2.24, 2.45) is 0 Å². The lowest BCUT2D eigenvalue weighted by Gasteiger charge is -2.12. The number of H-pyrrole nitrogens is 2. The summed E-state index contributed by atoms with van der Waals surface area (Å²) in [4.78, 5) is 42.7. The maximum atomic E-state index is 12.4. The van der Waals surface area contributed by atoms with Gasteiger partial charge in [0.2, 0.25) is 11.6 Å². The Balaban J connectivity index is 0.000000183. The maximum absolute atomic E-state index is 12.4. The van der Waals surface area contributed by atoms with Crippen LogP contribution < -0.4 is 11.1 Å². The second-order valence-corrected chi connectivity index (χ2v) is 16.6. The SMILES string of the molecule is C.Cc1ccnc(-c2ccc(-c3nn[nH]n3)c(-c3ccc(Cn4c(C)nc(C)cc4=O)cc3)c2)c1.Cc1ccnc(-c2ccc(-c3nn[nH]n3)c(-c3ccc(Cn4c(C)nc(C)cc4=O)cc3)c2)c1. The van der Waals surface area contributed by atoms with Crippen LogP contribution >= 0.6 is 0 Å². The van der Waals surface area contributed by atoms with Crippen molar-refractivity contribution < 1.29 is 0 Å². The van der Waals surface area contributed by atoms with Gasteiger partial charge in [0.15, 0.2) is 0 Å². The third-order valence-corrected chi connectivity index (χ3v) is 11.5. The van der Waals surface area contributed by atoms with E-state index in [-0.39, 0.29) is 18.5 Å². The van der Waals surface area contributed by atoms with Crippen molar-refractivity contribution in [1.29, 1.82) is 0 Å². The lowest BCUT2D eigenvalue weighted by atomic mass is 9.94. The number of benzene rings is 4. The fourth-order valence-electron chi connectivity index (χ4n) is 8.07. The number of rotatable bonds is 10. The van der Waals surface area contributed by atoms with Crippen molar-refractivity contribution in [3.63, 3.8) is 0 Å². The van der Waals surface area contributed by atoms with E-state index in [1.165, 1.54) is 0 Å². The summed E-state index contributed by atoms with van der Waals surface area (Å²) in [5.74, 6) is 2.45. The Kier molecular flexibility index (Phi) is 13.7. The second-order valence-electron chi connectivity index (χ2n) is 16.6. The summed E-state index contributed by atoms with van der Waals surface area (Å²) in [6.45, 7) is 12.4. The summed E-state index contributed by atoms with van der Waals surface area (Å²) in [6, 6.07) is 39.7. The smallest absolute Gasteiger partial charge is 0.254 e. The first kappa shape index (κ1) is 46.6. The molecule has 0 fully saturated rings. The predicted octanol–water partition coefficient (Wildman–Crippen LogP) is 8.89. The highest BCUT2D eigenvalue weighted by molar-refractivity contribution is 5.85. The van der Waals surface area contributed by atoms with Gasteiger partial charge in [-0.3, -0.25) is 28.7 Å². The number of nitrogens with one attached hydrogen (secondary N) is 2. The number of hydrogen-bond acceptors (Lipinski definition) is 12. The topological polar surface area (TPSA) is 204 Å². The Morgan fingerprint density at radius 1 is 0.449 bits per heavy atom. The molecule has 0 aliphatic heterocycles. The van der Waals surface area contributed by atoms with Gasteiger partial charge in [-0.15, -0.1) is 20.4 Å². The van der Waals surface area contributed by atoms with E-state index in [0.717, 1.165) is 89.5 Å². The van der Waals surface area contributed by atoms with Crippen LogP contribution in [0.4, 0.5) is 0 Å². The van der Waals surface area contributed by atoms with Gasteiger partial charge in [-0.25, -0.2) is 9.97 Å². The van der Waals surface area contributed by atoms with Crippen molar-refractivity contribution in [3.8, 4) is 67.5 Å². The first-order valence-corrected chi connectivity index (χ1v) is 21.9. The van der Waals surface area contributed by atoms with Gasteiger partial charge in [0.05, 0.1) is 24.5 Å². The van der Waals surface area contributed by atoms with Gasteiger partial charge in [0, 0.05) is 58.2 Å². The molecule has 6 aromatic heterocycles. The zero-order valence-electron chi connectivity index (χ0n) is 38.3. The summed E-state index contributed by atoms with van der Waals surface area (Å²) in [5, 5.41) is 29.2. The highest BCUT2D eigenvalue weighted by Crippen LogP contribution is 2.36. The van der Waals surface area contributed by atoms with Gasteiger partial charge in [0.1, 0.15) is 11.6 Å². The van der Waals surface area contributed by atoms with Gasteiger partial charge in [-0.05, 0) is 145 Å². The third kappa shape index (κ3) is 10.5. The van der Waals surface area contributed by atoms with Crippen molar-refractivity contribution in [2.45, 2.75) is 62.1 Å². The molecule has 344 valence electrons. The second kappa shape index (κ2) is 20.3. The maximum Gasteiger partial charge on any atom is 0.254 e. The molecular weight excluding hydrogens is 865 g/mol. The van der Waals surface area contributed by atoms with Gasteiger partial charge >= 0.3 is 0 Å². The Hall–Kier alpha value is -8.92. The number of aryl methyl sites for hydroxylation is 6. The highest BCUT2D eigenvalue weighted by Gasteiger charge is 2.16. The van der Waals surface area contributed by atoms with Crippen LogP contribution in [0.5, 0.6) is 0 Å². The minimum absolute atomic E-state index is 0. The lowest BCUT2D eigenvalue weighted by molar-refractivity contribution is 0.694. The van der Waals surface area contributed by atoms with Crippen LogP contribution in [-0.4, -0.2) is 70.3 Å². The monoisotopic (exact) mass is 914 g/mol. The standard InChI is InChI=1S/2C26H23N7O.CH4/c2*1-16-10-11-27-24(12-16)21-8-9-22(26-29-31-32-30-26)23(14-21)20-6-4-19(5-7-20)15-33-18(3)28-17(2)13-25(33)34;/h2*4-14H,15H2,1-3H3,(H,29,30,31,32);1H4. The van der Waals surface area contributed by atoms with Crippen molar-refractivity contribution in [2.75, 3.05) is 0 Å². The molecule has 2 N–H and O–H groups in total. The van der Waals surface area contributed by atoms with E-state index in [2.05, 4.69) is 99.3 Å². The summed E-state index contributed by atoms with van der Waals surface area (Å²) in [7, 11) is 0. The molecule has 0 amide bonds. The lowest BCUT2D eigenvalue weighted by Crippen LogP contribution is -2.24. The Labute approximate surface area is 398 Å². The molecule has 0 unspecified atom stereocenters. The molecular formula is C53H50N14O2. The summed E-state index contributed by atoms with van der Waals surface area (Å²) in [6.07, 6.45) is 3.63. The molecule has 16 heteroatoms. The van der Waals surface area contributed by atoms with E-state index in [1.54, 1.807) is 21.3 Å². The van der Waals surface area contributed by atoms with Crippen molar-refractivity contribution in [1.82, 2.24) is 70.3 Å². The van der Waals surface area contributed by atoms with Gasteiger partial charge in [-0.1, -0.05) is 68.1 Å². The first-order chi connectivity index (χ1) is 32.9. The average molecular weight is 915 g/mol. The van der Waals surface area contributed by atoms with E-state index in [0.29, 0.717) is 36.4 Å². The highest BCUT2D eigenvalue weighted by atomic mass is 16.1. The number of aromatic nitrogens is 14. The number of nitrogens with zero attached hydrogens (tertiary/aromatic N) is 12. The summed E-state index contributed by atoms with van der Waals surface area (Å²) in [5.41, 5.74) is 15.2. The molecule has 4 aromatic carbocycles. The zero-order valence-corrected chi connectivity index (χ0v) is 38.3. The Morgan fingerprint density at radius 2 is 0.841 bits per heavy atom. The van der Waals surface area contributed by atoms with Crippen LogP contribution in [0.1, 0.15) is 52.7 Å². The minimum Gasteiger partial charge on any atom is -0.292 e. The van der Waals surface area contributed by atoms with Crippen LogP contribution in [0, 0.1) is 41.5 Å². The molecule has 0 spiro atoms. The molecule has 0 saturated carbocycles. The molecule has 0 bridgehead atoms. The van der Waals surface area contributed by atoms with Crippen LogP contribution in [0.2, 0.25) is 0 Å². The van der Waals surface area contributed by atoms with E-state index >= 15 is 0 Å². The average Bonchev–Trinajstić information content (AvgIpc) is 4.08. The quantitative estimate of drug-likeness (QED) is 0.132. The van der Waals surface area contributed by atoms with Gasteiger partial charge < -0.3 is 0 Å². The largest absolute Gasteiger partial charge is 0.292 e. The fraction of sp³-hybridized carbons (Fsp3) is 0.170. The molecule has 10 rings (SSSR count). The van der Waals surface area contributed by atoms with Crippen LogP contribution in [0.15, 0.2) is 143 Å². The molecule has 0 radical (unpaired) electrons. The third-order valence-electron chi connectivity index (χ3n) is 11.5. The van der Waals surface area contributed by atoms with Crippen LogP contribution in [0.25, 0.3) is 67.5 Å². The molecule has 0 aliphatic carbocycles. The van der Waals surface area contributed by atoms with Crippen molar-refractivity contribution in [3.05, 3.63) is 200 Å². The molecule has 0 aliphatic rings.